The number of rotatable bonds is 2. The first-order valence-corrected chi connectivity index (χ1v) is 6.29. The number of unbranched alkanes of at least 4 members (excludes halogenated alkanes) is 1. The molecule has 0 unspecified atom stereocenters. The molecule has 74 valence electrons. The second-order valence-electron chi connectivity index (χ2n) is 2.21. The largest absolute Gasteiger partial charge is 0.229 e. The molecule has 2 nitrogen and oxygen atoms in total. The van der Waals surface area contributed by atoms with Gasteiger partial charge in [-0.1, -0.05) is 40.4 Å². The van der Waals surface area contributed by atoms with Crippen LogP contribution in [-0.2, 0) is 9.84 Å². The first kappa shape index (κ1) is 17.9. The van der Waals surface area contributed by atoms with Gasteiger partial charge in [-0.25, -0.2) is 8.42 Å². The molecule has 0 spiro atoms. The van der Waals surface area contributed by atoms with Crippen molar-refractivity contribution in [1.29, 1.82) is 0 Å². The molecule has 0 rings (SSSR count). The molecule has 0 aliphatic rings. The lowest BCUT2D eigenvalue weighted by molar-refractivity contribution is 0.603. The highest BCUT2D eigenvalue weighted by Crippen LogP contribution is 1.76. The summed E-state index contributed by atoms with van der Waals surface area (Å²) in [4.78, 5) is 0. The average Bonchev–Trinajstić information content (AvgIpc) is 2.07. The molecule has 0 bridgehead atoms. The standard InChI is InChI=1S/C4H10.C3H8O2S.CH3B/c1-3-4-2;1-3-6(2,4)5;1-2/h3-4H2,1-2H3;3H2,1-2H3;1H3. The first-order valence-electron chi connectivity index (χ1n) is 4.23. The van der Waals surface area contributed by atoms with Crippen LogP contribution in [0, 0.1) is 0 Å². The molecule has 0 N–H and O–H groups in total. The summed E-state index contributed by atoms with van der Waals surface area (Å²) in [7, 11) is 1.84. The lowest BCUT2D eigenvalue weighted by Crippen LogP contribution is -1.96. The highest BCUT2D eigenvalue weighted by molar-refractivity contribution is 7.90. The Kier molecular flexibility index (Phi) is 20.3. The van der Waals surface area contributed by atoms with E-state index in [2.05, 4.69) is 21.7 Å². The van der Waals surface area contributed by atoms with Gasteiger partial charge in [0.25, 0.3) is 0 Å². The zero-order valence-corrected chi connectivity index (χ0v) is 9.74. The lowest BCUT2D eigenvalue weighted by atomic mass is 10.2. The highest BCUT2D eigenvalue weighted by atomic mass is 32.2. The van der Waals surface area contributed by atoms with Gasteiger partial charge in [0.2, 0.25) is 0 Å². The molecule has 12 heavy (non-hydrogen) atoms. The van der Waals surface area contributed by atoms with Crippen LogP contribution in [-0.4, -0.2) is 28.3 Å². The fourth-order valence-corrected chi connectivity index (χ4v) is 0. The Hall–Kier alpha value is 0.0149. The van der Waals surface area contributed by atoms with Gasteiger partial charge in [-0.3, -0.25) is 0 Å². The van der Waals surface area contributed by atoms with E-state index in [-0.39, 0.29) is 5.75 Å². The summed E-state index contributed by atoms with van der Waals surface area (Å²) in [6.45, 7) is 7.48. The Morgan fingerprint density at radius 2 is 1.17 bits per heavy atom. The van der Waals surface area contributed by atoms with Gasteiger partial charge >= 0.3 is 0 Å². The molecule has 4 heteroatoms. The third kappa shape index (κ3) is 50.5. The van der Waals surface area contributed by atoms with Gasteiger partial charge in [0.05, 0.1) is 7.85 Å². The maximum absolute atomic E-state index is 10.0. The maximum Gasteiger partial charge on any atom is 0.147 e. The zero-order chi connectivity index (χ0) is 10.6. The van der Waals surface area contributed by atoms with Crippen LogP contribution in [0.25, 0.3) is 0 Å². The summed E-state index contributed by atoms with van der Waals surface area (Å²) >= 11 is 0. The van der Waals surface area contributed by atoms with E-state index in [1.165, 1.54) is 25.9 Å². The monoisotopic (exact) mass is 192 g/mol. The van der Waals surface area contributed by atoms with Crippen LogP contribution in [0.2, 0.25) is 6.82 Å². The summed E-state index contributed by atoms with van der Waals surface area (Å²) in [6.07, 6.45) is 3.85. The van der Waals surface area contributed by atoms with E-state index in [9.17, 15) is 8.42 Å². The van der Waals surface area contributed by atoms with Crippen LogP contribution >= 0.6 is 0 Å². The molecule has 0 saturated heterocycles. The minimum atomic E-state index is -2.66. The number of hydrogen-bond acceptors (Lipinski definition) is 2. The molecule has 0 aliphatic heterocycles. The van der Waals surface area contributed by atoms with Crippen molar-refractivity contribution < 1.29 is 8.42 Å². The van der Waals surface area contributed by atoms with Gasteiger partial charge in [-0.15, -0.1) is 0 Å². The van der Waals surface area contributed by atoms with Gasteiger partial charge in [0.15, 0.2) is 0 Å². The van der Waals surface area contributed by atoms with Gasteiger partial charge in [-0.05, 0) is 0 Å². The maximum atomic E-state index is 10.0. The third-order valence-corrected chi connectivity index (χ3v) is 2.07. The number of sulfone groups is 1. The van der Waals surface area contributed by atoms with E-state index in [1.54, 1.807) is 6.92 Å². The molecule has 0 saturated carbocycles. The zero-order valence-electron chi connectivity index (χ0n) is 8.92. The Balaban J connectivity index is -0.000000118. The molecule has 0 aliphatic carbocycles. The van der Waals surface area contributed by atoms with Crippen molar-refractivity contribution in [3.63, 3.8) is 0 Å². The normalized spacial score (nSPS) is 8.75. The predicted molar refractivity (Wildman–Crippen MR) is 57.6 cm³/mol. The predicted octanol–water partition coefficient (Wildman–Crippen LogP) is 2.06. The molecule has 0 aromatic carbocycles. The molecule has 0 amide bonds. The minimum Gasteiger partial charge on any atom is -0.229 e. The summed E-state index contributed by atoms with van der Waals surface area (Å²) in [5, 5.41) is 0. The lowest BCUT2D eigenvalue weighted by Gasteiger charge is -1.81. The van der Waals surface area contributed by atoms with Gasteiger partial charge in [0, 0.05) is 12.0 Å². The topological polar surface area (TPSA) is 34.1 Å². The van der Waals surface area contributed by atoms with E-state index < -0.39 is 9.84 Å². The van der Waals surface area contributed by atoms with Crippen molar-refractivity contribution in [1.82, 2.24) is 0 Å². The molecule has 2 radical (unpaired) electrons. The van der Waals surface area contributed by atoms with Crippen LogP contribution < -0.4 is 0 Å². The molecule has 0 atom stereocenters. The Bertz CT molecular complexity index is 139. The number of hydrogen-bond donors (Lipinski definition) is 0. The van der Waals surface area contributed by atoms with E-state index in [0.29, 0.717) is 0 Å². The smallest absolute Gasteiger partial charge is 0.147 e. The first-order chi connectivity index (χ1) is 5.47. The Morgan fingerprint density at radius 1 is 1.00 bits per heavy atom. The molecular weight excluding hydrogens is 171 g/mol. The van der Waals surface area contributed by atoms with E-state index >= 15 is 0 Å². The summed E-state index contributed by atoms with van der Waals surface area (Å²) in [5.41, 5.74) is 0. The van der Waals surface area contributed by atoms with Crippen LogP contribution in [0.15, 0.2) is 0 Å². The SMILES string of the molecule is CCCC.CCS(C)(=O)=O.[B]C. The van der Waals surface area contributed by atoms with Crippen molar-refractivity contribution >= 4 is 17.7 Å². The van der Waals surface area contributed by atoms with E-state index in [4.69, 9.17) is 0 Å². The minimum absolute atomic E-state index is 0.243. The molecule has 0 aromatic heterocycles. The average molecular weight is 192 g/mol. The third-order valence-electron chi connectivity index (χ3n) is 1.02. The molecule has 0 aromatic rings. The Morgan fingerprint density at radius 3 is 1.17 bits per heavy atom. The van der Waals surface area contributed by atoms with E-state index in [0.717, 1.165) is 0 Å². The molecule has 0 fully saturated rings. The summed E-state index contributed by atoms with van der Waals surface area (Å²) in [6, 6.07) is 0. The fraction of sp³-hybridized carbons (Fsp3) is 1.00. The molecule has 0 heterocycles. The van der Waals surface area contributed by atoms with Crippen molar-refractivity contribution in [2.75, 3.05) is 12.0 Å². The fourth-order valence-electron chi connectivity index (χ4n) is 0. The highest BCUT2D eigenvalue weighted by Gasteiger charge is 1.90. The second kappa shape index (κ2) is 13.6. The van der Waals surface area contributed by atoms with Crippen molar-refractivity contribution in [2.45, 2.75) is 40.4 Å². The van der Waals surface area contributed by atoms with E-state index in [1.807, 2.05) is 0 Å². The molecular formula is C8H21BO2S. The summed E-state index contributed by atoms with van der Waals surface area (Å²) in [5.74, 6) is 0.243. The Labute approximate surface area is 79.1 Å². The van der Waals surface area contributed by atoms with Crippen LogP contribution in [0.1, 0.15) is 33.6 Å². The summed E-state index contributed by atoms with van der Waals surface area (Å²) < 4.78 is 20.0. The van der Waals surface area contributed by atoms with Gasteiger partial charge in [0.1, 0.15) is 9.84 Å². The van der Waals surface area contributed by atoms with Crippen LogP contribution in [0.3, 0.4) is 0 Å². The van der Waals surface area contributed by atoms with Gasteiger partial charge in [-0.2, -0.15) is 0 Å². The van der Waals surface area contributed by atoms with Crippen molar-refractivity contribution in [3.05, 3.63) is 0 Å². The quantitative estimate of drug-likeness (QED) is 0.627. The van der Waals surface area contributed by atoms with Gasteiger partial charge < -0.3 is 0 Å². The van der Waals surface area contributed by atoms with Crippen LogP contribution in [0.5, 0.6) is 0 Å². The van der Waals surface area contributed by atoms with Crippen LogP contribution in [0.4, 0.5) is 0 Å². The van der Waals surface area contributed by atoms with Crippen molar-refractivity contribution in [3.8, 4) is 0 Å². The second-order valence-corrected chi connectivity index (χ2v) is 4.64. The van der Waals surface area contributed by atoms with Crippen molar-refractivity contribution in [2.24, 2.45) is 0 Å².